The molecule has 1 unspecified atom stereocenters. The highest BCUT2D eigenvalue weighted by Gasteiger charge is 2.24. The van der Waals surface area contributed by atoms with Crippen molar-refractivity contribution in [3.63, 3.8) is 0 Å². The number of carbonyl (C=O) groups is 3. The lowest BCUT2D eigenvalue weighted by atomic mass is 10.1. The predicted octanol–water partition coefficient (Wildman–Crippen LogP) is 8.10. The number of aromatic nitrogens is 2. The largest absolute Gasteiger partial charge is 0.496 e. The molecule has 0 saturated carbocycles. The summed E-state index contributed by atoms with van der Waals surface area (Å²) < 4.78 is 5.48. The van der Waals surface area contributed by atoms with Crippen LogP contribution in [0.5, 0.6) is 5.75 Å². The van der Waals surface area contributed by atoms with Gasteiger partial charge in [-0.2, -0.15) is 0 Å². The molecular weight excluding hydrogens is 667 g/mol. The summed E-state index contributed by atoms with van der Waals surface area (Å²) in [6, 6.07) is 36.4. The SMILES string of the molecule is COc1ccccc1-c1csc(NC(=O)C(Sc2cccc(NC(=O)/C(=C/c3cccnc3)NC(=O)c3ccccc3)c2)c2ccccc2)n1. The first-order chi connectivity index (χ1) is 24.5. The van der Waals surface area contributed by atoms with Gasteiger partial charge in [0.25, 0.3) is 11.8 Å². The number of hydrogen-bond acceptors (Lipinski definition) is 8. The average molecular weight is 698 g/mol. The molecule has 0 aliphatic heterocycles. The van der Waals surface area contributed by atoms with Gasteiger partial charge < -0.3 is 20.7 Å². The van der Waals surface area contributed by atoms with Crippen molar-refractivity contribution in [2.45, 2.75) is 10.1 Å². The van der Waals surface area contributed by atoms with Gasteiger partial charge in [-0.05, 0) is 65.7 Å². The fourth-order valence-corrected chi connectivity index (χ4v) is 6.73. The van der Waals surface area contributed by atoms with Crippen LogP contribution >= 0.6 is 23.1 Å². The van der Waals surface area contributed by atoms with E-state index < -0.39 is 17.1 Å². The van der Waals surface area contributed by atoms with Gasteiger partial charge in [-0.25, -0.2) is 4.98 Å². The Hall–Kier alpha value is -6.04. The van der Waals surface area contributed by atoms with E-state index in [1.165, 1.54) is 23.1 Å². The number of pyridine rings is 1. The molecule has 2 aromatic heterocycles. The molecule has 0 aliphatic rings. The Balaban J connectivity index is 1.20. The molecule has 0 bridgehead atoms. The van der Waals surface area contributed by atoms with Gasteiger partial charge in [0, 0.05) is 39.5 Å². The Morgan fingerprint density at radius 3 is 2.36 bits per heavy atom. The van der Waals surface area contributed by atoms with Crippen LogP contribution in [0, 0.1) is 0 Å². The van der Waals surface area contributed by atoms with Crippen LogP contribution in [0.4, 0.5) is 10.8 Å². The van der Waals surface area contributed by atoms with Crippen molar-refractivity contribution in [2.75, 3.05) is 17.7 Å². The highest BCUT2D eigenvalue weighted by Crippen LogP contribution is 2.38. The first-order valence-electron chi connectivity index (χ1n) is 15.5. The van der Waals surface area contributed by atoms with Crippen LogP contribution in [0.2, 0.25) is 0 Å². The number of nitrogens with zero attached hydrogens (tertiary/aromatic N) is 2. The highest BCUT2D eigenvalue weighted by molar-refractivity contribution is 8.00. The summed E-state index contributed by atoms with van der Waals surface area (Å²) in [5.41, 5.74) is 3.92. The molecule has 0 aliphatic carbocycles. The fourth-order valence-electron chi connectivity index (χ4n) is 4.93. The Labute approximate surface area is 297 Å². The fraction of sp³-hybridized carbons (Fsp3) is 0.0513. The van der Waals surface area contributed by atoms with Gasteiger partial charge in [-0.3, -0.25) is 19.4 Å². The number of anilines is 2. The van der Waals surface area contributed by atoms with Crippen molar-refractivity contribution in [3.05, 3.63) is 161 Å². The van der Waals surface area contributed by atoms with Crippen molar-refractivity contribution in [1.29, 1.82) is 0 Å². The summed E-state index contributed by atoms with van der Waals surface area (Å²) in [7, 11) is 1.61. The maximum absolute atomic E-state index is 13.8. The van der Waals surface area contributed by atoms with Gasteiger partial charge in [-0.15, -0.1) is 23.1 Å². The lowest BCUT2D eigenvalue weighted by Gasteiger charge is -2.17. The molecule has 11 heteroatoms. The molecule has 248 valence electrons. The summed E-state index contributed by atoms with van der Waals surface area (Å²) in [6.07, 6.45) is 4.79. The zero-order valence-corrected chi connectivity index (χ0v) is 28.4. The minimum atomic E-state index is -0.632. The molecule has 0 spiro atoms. The normalized spacial score (nSPS) is 11.7. The van der Waals surface area contributed by atoms with Crippen LogP contribution in [0.3, 0.4) is 0 Å². The van der Waals surface area contributed by atoms with Crippen LogP contribution in [0.25, 0.3) is 17.3 Å². The smallest absolute Gasteiger partial charge is 0.272 e. The molecule has 0 radical (unpaired) electrons. The van der Waals surface area contributed by atoms with Crippen molar-refractivity contribution in [3.8, 4) is 17.0 Å². The summed E-state index contributed by atoms with van der Waals surface area (Å²) in [5.74, 6) is -0.500. The zero-order chi connectivity index (χ0) is 34.7. The van der Waals surface area contributed by atoms with Crippen molar-refractivity contribution in [1.82, 2.24) is 15.3 Å². The second-order valence-electron chi connectivity index (χ2n) is 10.8. The van der Waals surface area contributed by atoms with Gasteiger partial charge in [0.2, 0.25) is 5.91 Å². The molecule has 4 aromatic carbocycles. The molecular formula is C39H31N5O4S2. The third kappa shape index (κ3) is 8.70. The minimum Gasteiger partial charge on any atom is -0.496 e. The highest BCUT2D eigenvalue weighted by atomic mass is 32.2. The average Bonchev–Trinajstić information content (AvgIpc) is 3.63. The van der Waals surface area contributed by atoms with Crippen LogP contribution in [-0.2, 0) is 9.59 Å². The lowest BCUT2D eigenvalue weighted by Crippen LogP contribution is -2.30. The third-order valence-corrected chi connectivity index (χ3v) is 9.33. The number of hydrogen-bond donors (Lipinski definition) is 3. The van der Waals surface area contributed by atoms with Crippen molar-refractivity contribution >= 4 is 57.7 Å². The lowest BCUT2D eigenvalue weighted by molar-refractivity contribution is -0.116. The van der Waals surface area contributed by atoms with Crippen LogP contribution < -0.4 is 20.7 Å². The van der Waals surface area contributed by atoms with E-state index in [1.807, 2.05) is 72.1 Å². The van der Waals surface area contributed by atoms with Gasteiger partial charge in [0.15, 0.2) is 5.13 Å². The summed E-state index contributed by atoms with van der Waals surface area (Å²) >= 11 is 2.67. The number of thioether (sulfide) groups is 1. The monoisotopic (exact) mass is 697 g/mol. The van der Waals surface area contributed by atoms with E-state index in [0.29, 0.717) is 33.4 Å². The Morgan fingerprint density at radius 1 is 0.840 bits per heavy atom. The van der Waals surface area contributed by atoms with E-state index in [4.69, 9.17) is 4.74 Å². The summed E-state index contributed by atoms with van der Waals surface area (Å²) in [5, 5.41) is 10.3. The second-order valence-corrected chi connectivity index (χ2v) is 12.8. The maximum Gasteiger partial charge on any atom is 0.272 e. The van der Waals surface area contributed by atoms with Crippen LogP contribution in [0.15, 0.2) is 150 Å². The molecule has 2 heterocycles. The predicted molar refractivity (Wildman–Crippen MR) is 199 cm³/mol. The number of para-hydroxylation sites is 1. The van der Waals surface area contributed by atoms with Crippen LogP contribution in [0.1, 0.15) is 26.7 Å². The van der Waals surface area contributed by atoms with Crippen LogP contribution in [-0.4, -0.2) is 34.8 Å². The summed E-state index contributed by atoms with van der Waals surface area (Å²) in [6.45, 7) is 0. The van der Waals surface area contributed by atoms with Crippen molar-refractivity contribution in [2.24, 2.45) is 0 Å². The van der Waals surface area contributed by atoms with Gasteiger partial charge in [0.05, 0.1) is 12.8 Å². The first kappa shape index (κ1) is 33.8. The molecule has 6 aromatic rings. The number of thiazole rings is 1. The number of methoxy groups -OCH3 is 1. The molecule has 9 nitrogen and oxygen atoms in total. The third-order valence-electron chi connectivity index (χ3n) is 7.33. The first-order valence-corrected chi connectivity index (χ1v) is 17.2. The molecule has 1 atom stereocenters. The Kier molecular flexibility index (Phi) is 11.1. The standard InChI is InChI=1S/C39H31N5O4S2/c1-48-34-20-9-8-19-31(34)33-25-49-39(43-33)44-38(47)35(27-13-4-2-5-14-27)50-30-18-10-17-29(23-30)41-37(46)32(22-26-12-11-21-40-24-26)42-36(45)28-15-6-3-7-16-28/h2-25,35H,1H3,(H,41,46)(H,42,45)(H,43,44,47)/b32-22-. The number of nitrogens with one attached hydrogen (secondary N) is 3. The number of amides is 3. The molecule has 6 rings (SSSR count). The number of carbonyl (C=O) groups excluding carboxylic acids is 3. The molecule has 0 saturated heterocycles. The van der Waals surface area contributed by atoms with E-state index >= 15 is 0 Å². The second kappa shape index (κ2) is 16.4. The molecule has 3 amide bonds. The molecule has 50 heavy (non-hydrogen) atoms. The van der Waals surface area contributed by atoms with Gasteiger partial charge >= 0.3 is 0 Å². The Morgan fingerprint density at radius 2 is 1.60 bits per heavy atom. The molecule has 0 fully saturated rings. The van der Waals surface area contributed by atoms with E-state index in [2.05, 4.69) is 25.9 Å². The minimum absolute atomic E-state index is 0.0439. The van der Waals surface area contributed by atoms with Crippen molar-refractivity contribution < 1.29 is 19.1 Å². The number of ether oxygens (including phenoxy) is 1. The number of rotatable bonds is 12. The molecule has 3 N–H and O–H groups in total. The zero-order valence-electron chi connectivity index (χ0n) is 26.8. The maximum atomic E-state index is 13.8. The Bertz CT molecular complexity index is 2120. The topological polar surface area (TPSA) is 122 Å². The van der Waals surface area contributed by atoms with Gasteiger partial charge in [-0.1, -0.05) is 72.8 Å². The van der Waals surface area contributed by atoms with E-state index in [9.17, 15) is 14.4 Å². The number of benzene rings is 4. The quantitative estimate of drug-likeness (QED) is 0.0873. The van der Waals surface area contributed by atoms with Gasteiger partial charge in [0.1, 0.15) is 16.7 Å². The van der Waals surface area contributed by atoms with E-state index in [-0.39, 0.29) is 11.6 Å². The van der Waals surface area contributed by atoms with E-state index in [0.717, 1.165) is 16.0 Å². The van der Waals surface area contributed by atoms with E-state index in [1.54, 1.807) is 80.2 Å². The summed E-state index contributed by atoms with van der Waals surface area (Å²) in [4.78, 5) is 49.9.